The van der Waals surface area contributed by atoms with Crippen LogP contribution >= 0.6 is 0 Å². The lowest BCUT2D eigenvalue weighted by Crippen LogP contribution is -2.49. The van der Waals surface area contributed by atoms with Crippen LogP contribution in [0.5, 0.6) is 0 Å². The van der Waals surface area contributed by atoms with Crippen LogP contribution in [0.25, 0.3) is 0 Å². The average molecular weight is 388 g/mol. The number of nitrogens with two attached hydrogens (primary N) is 1. The molecule has 27 heavy (non-hydrogen) atoms. The van der Waals surface area contributed by atoms with Crippen LogP contribution in [-0.4, -0.2) is 56.8 Å². The van der Waals surface area contributed by atoms with E-state index in [1.54, 1.807) is 24.3 Å². The maximum absolute atomic E-state index is 12.4. The first-order valence-corrected chi connectivity index (χ1v) is 10.6. The van der Waals surface area contributed by atoms with E-state index < -0.39 is 10.0 Å². The minimum atomic E-state index is -3.64. The second-order valence-corrected chi connectivity index (χ2v) is 8.39. The van der Waals surface area contributed by atoms with Gasteiger partial charge in [0.05, 0.1) is 11.3 Å². The number of nitrogens with zero attached hydrogens (tertiary/aromatic N) is 2. The Labute approximate surface area is 160 Å². The fraction of sp³-hybridized carbons (Fsp3) is 0.350. The molecule has 7 heteroatoms. The predicted octanol–water partition coefficient (Wildman–Crippen LogP) is 1.26. The first-order chi connectivity index (χ1) is 12.9. The number of hydrogen-bond donors (Lipinski definition) is 1. The van der Waals surface area contributed by atoms with Crippen LogP contribution in [0.1, 0.15) is 11.1 Å². The zero-order valence-corrected chi connectivity index (χ0v) is 16.1. The summed E-state index contributed by atoms with van der Waals surface area (Å²) in [5.41, 5.74) is 2.12. The number of hydrogen-bond acceptors (Lipinski definition) is 4. The lowest BCUT2D eigenvalue weighted by molar-refractivity contribution is -0.132. The van der Waals surface area contributed by atoms with Gasteiger partial charge in [0.15, 0.2) is 0 Å². The van der Waals surface area contributed by atoms with E-state index in [4.69, 9.17) is 5.14 Å². The smallest absolute Gasteiger partial charge is 0.238 e. The van der Waals surface area contributed by atoms with E-state index >= 15 is 0 Å². The van der Waals surface area contributed by atoms with E-state index in [1.165, 1.54) is 0 Å². The first-order valence-electron chi connectivity index (χ1n) is 9.07. The third-order valence-corrected chi connectivity index (χ3v) is 5.82. The Kier molecular flexibility index (Phi) is 6.26. The van der Waals surface area contributed by atoms with Crippen molar-refractivity contribution in [3.63, 3.8) is 0 Å². The lowest BCUT2D eigenvalue weighted by Gasteiger charge is -2.34. The third-order valence-electron chi connectivity index (χ3n) is 4.89. The topological polar surface area (TPSA) is 83.7 Å². The highest BCUT2D eigenvalue weighted by Gasteiger charge is 2.20. The summed E-state index contributed by atoms with van der Waals surface area (Å²) in [6.07, 6.45) is 1.29. The second-order valence-electron chi connectivity index (χ2n) is 6.82. The number of rotatable bonds is 6. The fourth-order valence-electron chi connectivity index (χ4n) is 3.24. The minimum Gasteiger partial charge on any atom is -0.340 e. The summed E-state index contributed by atoms with van der Waals surface area (Å²) in [6.45, 7) is 4.09. The van der Waals surface area contributed by atoms with Crippen LogP contribution in [0.4, 0.5) is 0 Å². The molecule has 0 saturated carbocycles. The van der Waals surface area contributed by atoms with Gasteiger partial charge in [-0.15, -0.1) is 0 Å². The van der Waals surface area contributed by atoms with E-state index in [9.17, 15) is 13.2 Å². The molecule has 1 saturated heterocycles. The van der Waals surface area contributed by atoms with E-state index in [0.717, 1.165) is 50.3 Å². The van der Waals surface area contributed by atoms with Crippen molar-refractivity contribution in [2.75, 3.05) is 32.7 Å². The molecule has 2 aromatic carbocycles. The van der Waals surface area contributed by atoms with Gasteiger partial charge in [0.2, 0.25) is 15.9 Å². The zero-order chi connectivity index (χ0) is 19.3. The molecule has 0 radical (unpaired) electrons. The summed E-state index contributed by atoms with van der Waals surface area (Å²) in [6, 6.07) is 16.5. The maximum atomic E-state index is 12.4. The Hall–Kier alpha value is -2.22. The number of benzene rings is 2. The average Bonchev–Trinajstić information content (AvgIpc) is 2.67. The fourth-order valence-corrected chi connectivity index (χ4v) is 3.75. The first kappa shape index (κ1) is 19.5. The largest absolute Gasteiger partial charge is 0.340 e. The molecule has 1 fully saturated rings. The summed E-state index contributed by atoms with van der Waals surface area (Å²) < 4.78 is 22.6. The summed E-state index contributed by atoms with van der Waals surface area (Å²) in [4.78, 5) is 16.8. The highest BCUT2D eigenvalue weighted by atomic mass is 32.2. The Morgan fingerprint density at radius 2 is 1.52 bits per heavy atom. The number of amides is 1. The van der Waals surface area contributed by atoms with E-state index in [2.05, 4.69) is 4.90 Å². The van der Waals surface area contributed by atoms with Gasteiger partial charge in [0.1, 0.15) is 0 Å². The Morgan fingerprint density at radius 3 is 2.11 bits per heavy atom. The van der Waals surface area contributed by atoms with Gasteiger partial charge in [-0.2, -0.15) is 0 Å². The SMILES string of the molecule is NS(=O)(=O)c1ccc(CCN2CCN(C(=O)Cc3ccccc3)CC2)cc1. The van der Waals surface area contributed by atoms with Crippen LogP contribution in [0.2, 0.25) is 0 Å². The van der Waals surface area contributed by atoms with Crippen molar-refractivity contribution in [3.8, 4) is 0 Å². The monoisotopic (exact) mass is 387 g/mol. The molecule has 0 aromatic heterocycles. The van der Waals surface area contributed by atoms with Gasteiger partial charge < -0.3 is 4.90 Å². The molecule has 0 bridgehead atoms. The standard InChI is InChI=1S/C20H25N3O3S/c21-27(25,26)19-8-6-17(7-9-19)10-11-22-12-14-23(15-13-22)20(24)16-18-4-2-1-3-5-18/h1-9H,10-16H2,(H2,21,25,26). The van der Waals surface area contributed by atoms with E-state index in [0.29, 0.717) is 6.42 Å². The molecular formula is C20H25N3O3S. The molecule has 0 spiro atoms. The normalized spacial score (nSPS) is 15.7. The van der Waals surface area contributed by atoms with Crippen LogP contribution in [0.3, 0.4) is 0 Å². The highest BCUT2D eigenvalue weighted by Crippen LogP contribution is 2.11. The minimum absolute atomic E-state index is 0.136. The molecule has 144 valence electrons. The van der Waals surface area contributed by atoms with Crippen LogP contribution < -0.4 is 5.14 Å². The van der Waals surface area contributed by atoms with Crippen molar-refractivity contribution in [2.24, 2.45) is 5.14 Å². The van der Waals surface area contributed by atoms with Crippen LogP contribution in [-0.2, 0) is 27.7 Å². The van der Waals surface area contributed by atoms with Crippen molar-refractivity contribution in [1.82, 2.24) is 9.80 Å². The Bertz CT molecular complexity index is 859. The van der Waals surface area contributed by atoms with Gasteiger partial charge in [0, 0.05) is 32.7 Å². The van der Waals surface area contributed by atoms with Gasteiger partial charge in [0.25, 0.3) is 0 Å². The molecule has 1 aliphatic heterocycles. The second kappa shape index (κ2) is 8.65. The van der Waals surface area contributed by atoms with Crippen molar-refractivity contribution >= 4 is 15.9 Å². The van der Waals surface area contributed by atoms with Crippen LogP contribution in [0, 0.1) is 0 Å². The summed E-state index contributed by atoms with van der Waals surface area (Å²) in [5, 5.41) is 5.12. The number of carbonyl (C=O) groups excluding carboxylic acids is 1. The predicted molar refractivity (Wildman–Crippen MR) is 105 cm³/mol. The number of piperazine rings is 1. The third kappa shape index (κ3) is 5.63. The molecule has 0 aliphatic carbocycles. The Balaban J connectivity index is 1.43. The molecule has 2 aromatic rings. The van der Waals surface area contributed by atoms with Gasteiger partial charge in [-0.1, -0.05) is 42.5 Å². The van der Waals surface area contributed by atoms with E-state index in [1.807, 2.05) is 35.2 Å². The Morgan fingerprint density at radius 1 is 0.889 bits per heavy atom. The van der Waals surface area contributed by atoms with Gasteiger partial charge >= 0.3 is 0 Å². The molecule has 0 atom stereocenters. The molecule has 1 heterocycles. The van der Waals surface area contributed by atoms with Gasteiger partial charge in [-0.25, -0.2) is 13.6 Å². The van der Waals surface area contributed by atoms with Gasteiger partial charge in [-0.3, -0.25) is 9.69 Å². The van der Waals surface area contributed by atoms with Crippen molar-refractivity contribution in [1.29, 1.82) is 0 Å². The van der Waals surface area contributed by atoms with Crippen molar-refractivity contribution in [3.05, 3.63) is 65.7 Å². The number of primary sulfonamides is 1. The number of carbonyl (C=O) groups is 1. The summed E-state index contributed by atoms with van der Waals surface area (Å²) >= 11 is 0. The molecule has 6 nitrogen and oxygen atoms in total. The zero-order valence-electron chi connectivity index (χ0n) is 15.3. The molecular weight excluding hydrogens is 362 g/mol. The number of sulfonamides is 1. The maximum Gasteiger partial charge on any atom is 0.238 e. The summed E-state index contributed by atoms with van der Waals surface area (Å²) in [5.74, 6) is 0.180. The highest BCUT2D eigenvalue weighted by molar-refractivity contribution is 7.89. The van der Waals surface area contributed by atoms with E-state index in [-0.39, 0.29) is 10.8 Å². The van der Waals surface area contributed by atoms with Crippen molar-refractivity contribution in [2.45, 2.75) is 17.7 Å². The molecule has 3 rings (SSSR count). The molecule has 2 N–H and O–H groups in total. The molecule has 0 unspecified atom stereocenters. The lowest BCUT2D eigenvalue weighted by atomic mass is 10.1. The molecule has 1 amide bonds. The summed E-state index contributed by atoms with van der Waals surface area (Å²) in [7, 11) is -3.64. The molecule has 1 aliphatic rings. The van der Waals surface area contributed by atoms with Crippen molar-refractivity contribution < 1.29 is 13.2 Å². The van der Waals surface area contributed by atoms with Crippen LogP contribution in [0.15, 0.2) is 59.5 Å². The quantitative estimate of drug-likeness (QED) is 0.809. The van der Waals surface area contributed by atoms with Gasteiger partial charge in [-0.05, 0) is 29.7 Å².